The van der Waals surface area contributed by atoms with Crippen LogP contribution in [0.5, 0.6) is 5.75 Å². The first-order valence-corrected chi connectivity index (χ1v) is 10.6. The molecule has 5 heteroatoms. The molecule has 0 radical (unpaired) electrons. The van der Waals surface area contributed by atoms with Crippen LogP contribution in [0.3, 0.4) is 0 Å². The zero-order valence-electron chi connectivity index (χ0n) is 16.3. The summed E-state index contributed by atoms with van der Waals surface area (Å²) in [5, 5.41) is 0. The predicted octanol–water partition coefficient (Wildman–Crippen LogP) is 3.19. The monoisotopic (exact) mass is 372 g/mol. The van der Waals surface area contributed by atoms with Crippen LogP contribution in [0.25, 0.3) is 0 Å². The van der Waals surface area contributed by atoms with Crippen LogP contribution in [-0.2, 0) is 4.74 Å². The van der Waals surface area contributed by atoms with E-state index in [1.54, 1.807) is 0 Å². The molecule has 0 aromatic heterocycles. The molecule has 27 heavy (non-hydrogen) atoms. The number of rotatable bonds is 5. The molecule has 3 aliphatic rings. The number of carbonyl (C=O) groups is 1. The SMILES string of the molecule is O=C(c1ccccc1OC1CCN(CC2CCOC2)CC1)N1CCCCC1. The summed E-state index contributed by atoms with van der Waals surface area (Å²) in [5.74, 6) is 1.59. The average molecular weight is 373 g/mol. The maximum Gasteiger partial charge on any atom is 0.257 e. The minimum Gasteiger partial charge on any atom is -0.489 e. The Bertz CT molecular complexity index is 616. The molecular formula is C22H32N2O3. The molecule has 4 rings (SSSR count). The Kier molecular flexibility index (Phi) is 6.30. The molecule has 5 nitrogen and oxygen atoms in total. The molecule has 1 unspecified atom stereocenters. The van der Waals surface area contributed by atoms with Crippen molar-refractivity contribution in [2.45, 2.75) is 44.6 Å². The molecule has 1 amide bonds. The van der Waals surface area contributed by atoms with E-state index in [1.165, 1.54) is 12.8 Å². The van der Waals surface area contributed by atoms with E-state index in [0.29, 0.717) is 5.92 Å². The molecular weight excluding hydrogens is 340 g/mol. The van der Waals surface area contributed by atoms with Crippen LogP contribution < -0.4 is 4.74 Å². The number of hydrogen-bond acceptors (Lipinski definition) is 4. The minimum atomic E-state index is 0.129. The summed E-state index contributed by atoms with van der Waals surface area (Å²) >= 11 is 0. The van der Waals surface area contributed by atoms with Gasteiger partial charge in [-0.05, 0) is 56.6 Å². The lowest BCUT2D eigenvalue weighted by atomic mass is 10.0. The summed E-state index contributed by atoms with van der Waals surface area (Å²) in [7, 11) is 0. The molecule has 0 bridgehead atoms. The summed E-state index contributed by atoms with van der Waals surface area (Å²) in [5.41, 5.74) is 0.727. The number of para-hydroxylation sites is 1. The van der Waals surface area contributed by atoms with E-state index in [-0.39, 0.29) is 12.0 Å². The van der Waals surface area contributed by atoms with Crippen molar-refractivity contribution in [1.82, 2.24) is 9.80 Å². The number of benzene rings is 1. The van der Waals surface area contributed by atoms with Crippen molar-refractivity contribution in [3.63, 3.8) is 0 Å². The second-order valence-electron chi connectivity index (χ2n) is 8.20. The maximum atomic E-state index is 12.9. The Morgan fingerprint density at radius 1 is 1.04 bits per heavy atom. The van der Waals surface area contributed by atoms with Crippen molar-refractivity contribution in [3.8, 4) is 5.75 Å². The summed E-state index contributed by atoms with van der Waals surface area (Å²) in [6.07, 6.45) is 6.91. The van der Waals surface area contributed by atoms with Gasteiger partial charge in [0, 0.05) is 39.3 Å². The molecule has 3 heterocycles. The van der Waals surface area contributed by atoms with Gasteiger partial charge in [0.25, 0.3) is 5.91 Å². The Morgan fingerprint density at radius 3 is 2.56 bits per heavy atom. The third-order valence-electron chi connectivity index (χ3n) is 6.13. The van der Waals surface area contributed by atoms with Gasteiger partial charge < -0.3 is 19.3 Å². The summed E-state index contributed by atoms with van der Waals surface area (Å²) < 4.78 is 11.8. The van der Waals surface area contributed by atoms with Crippen molar-refractivity contribution in [2.75, 3.05) is 45.9 Å². The van der Waals surface area contributed by atoms with E-state index < -0.39 is 0 Å². The third-order valence-corrected chi connectivity index (χ3v) is 6.13. The van der Waals surface area contributed by atoms with E-state index in [0.717, 1.165) is 82.9 Å². The van der Waals surface area contributed by atoms with Crippen molar-refractivity contribution in [1.29, 1.82) is 0 Å². The number of nitrogens with zero attached hydrogens (tertiary/aromatic N) is 2. The fraction of sp³-hybridized carbons (Fsp3) is 0.682. The van der Waals surface area contributed by atoms with Gasteiger partial charge in [0.2, 0.25) is 0 Å². The Labute approximate surface area is 162 Å². The smallest absolute Gasteiger partial charge is 0.257 e. The van der Waals surface area contributed by atoms with E-state index in [2.05, 4.69) is 4.90 Å². The van der Waals surface area contributed by atoms with Gasteiger partial charge in [-0.2, -0.15) is 0 Å². The first-order valence-electron chi connectivity index (χ1n) is 10.6. The standard InChI is InChI=1S/C22H32N2O3/c25-22(24-11-4-1-5-12-24)20-6-2-3-7-21(20)27-19-8-13-23(14-9-19)16-18-10-15-26-17-18/h2-3,6-7,18-19H,1,4-5,8-17H2. The Balaban J connectivity index is 1.32. The van der Waals surface area contributed by atoms with Gasteiger partial charge in [0.15, 0.2) is 0 Å². The quantitative estimate of drug-likeness (QED) is 0.796. The summed E-state index contributed by atoms with van der Waals surface area (Å²) in [6, 6.07) is 7.79. The summed E-state index contributed by atoms with van der Waals surface area (Å²) in [4.78, 5) is 17.5. The van der Waals surface area contributed by atoms with Crippen molar-refractivity contribution < 1.29 is 14.3 Å². The highest BCUT2D eigenvalue weighted by atomic mass is 16.5. The molecule has 3 saturated heterocycles. The predicted molar refractivity (Wildman–Crippen MR) is 105 cm³/mol. The lowest BCUT2D eigenvalue weighted by molar-refractivity contribution is 0.0697. The lowest BCUT2D eigenvalue weighted by Gasteiger charge is -2.34. The van der Waals surface area contributed by atoms with Crippen LogP contribution in [0.1, 0.15) is 48.9 Å². The van der Waals surface area contributed by atoms with E-state index in [1.807, 2.05) is 29.2 Å². The highest BCUT2D eigenvalue weighted by molar-refractivity contribution is 5.97. The number of hydrogen-bond donors (Lipinski definition) is 0. The van der Waals surface area contributed by atoms with Gasteiger partial charge in [-0.1, -0.05) is 12.1 Å². The third kappa shape index (κ3) is 4.82. The second-order valence-corrected chi connectivity index (χ2v) is 8.20. The molecule has 1 atom stereocenters. The molecule has 148 valence electrons. The van der Waals surface area contributed by atoms with Gasteiger partial charge >= 0.3 is 0 Å². The molecule has 1 aromatic carbocycles. The number of carbonyl (C=O) groups excluding carboxylic acids is 1. The van der Waals surface area contributed by atoms with Crippen molar-refractivity contribution >= 4 is 5.91 Å². The van der Waals surface area contributed by atoms with Crippen LogP contribution in [0.2, 0.25) is 0 Å². The van der Waals surface area contributed by atoms with E-state index >= 15 is 0 Å². The molecule has 0 aliphatic carbocycles. The first-order chi connectivity index (χ1) is 13.3. The van der Waals surface area contributed by atoms with Gasteiger partial charge in [0.1, 0.15) is 11.9 Å². The number of ether oxygens (including phenoxy) is 2. The van der Waals surface area contributed by atoms with E-state index in [9.17, 15) is 4.79 Å². The largest absolute Gasteiger partial charge is 0.489 e. The van der Waals surface area contributed by atoms with Crippen molar-refractivity contribution in [3.05, 3.63) is 29.8 Å². The minimum absolute atomic E-state index is 0.129. The molecule has 1 aromatic rings. The fourth-order valence-electron chi connectivity index (χ4n) is 4.50. The fourth-order valence-corrected chi connectivity index (χ4v) is 4.50. The Hall–Kier alpha value is -1.59. The number of piperidine rings is 2. The maximum absolute atomic E-state index is 12.9. The number of amides is 1. The van der Waals surface area contributed by atoms with Crippen LogP contribution >= 0.6 is 0 Å². The second kappa shape index (κ2) is 9.07. The first kappa shape index (κ1) is 18.8. The zero-order valence-corrected chi connectivity index (χ0v) is 16.3. The highest BCUT2D eigenvalue weighted by Gasteiger charge is 2.26. The van der Waals surface area contributed by atoms with Gasteiger partial charge in [0.05, 0.1) is 12.2 Å². The van der Waals surface area contributed by atoms with Crippen LogP contribution in [0.4, 0.5) is 0 Å². The van der Waals surface area contributed by atoms with Crippen LogP contribution in [-0.4, -0.2) is 67.7 Å². The van der Waals surface area contributed by atoms with Crippen molar-refractivity contribution in [2.24, 2.45) is 5.92 Å². The Morgan fingerprint density at radius 2 is 1.81 bits per heavy atom. The average Bonchev–Trinajstić information content (AvgIpc) is 3.23. The molecule has 0 N–H and O–H groups in total. The number of likely N-dealkylation sites (tertiary alicyclic amines) is 2. The van der Waals surface area contributed by atoms with Gasteiger partial charge in [-0.15, -0.1) is 0 Å². The summed E-state index contributed by atoms with van der Waals surface area (Å²) in [6.45, 7) is 6.88. The molecule has 0 spiro atoms. The normalized spacial score (nSPS) is 24.9. The van der Waals surface area contributed by atoms with Gasteiger partial charge in [-0.3, -0.25) is 4.79 Å². The molecule has 0 saturated carbocycles. The molecule has 3 aliphatic heterocycles. The van der Waals surface area contributed by atoms with Crippen LogP contribution in [0.15, 0.2) is 24.3 Å². The topological polar surface area (TPSA) is 42.0 Å². The zero-order chi connectivity index (χ0) is 18.5. The lowest BCUT2D eigenvalue weighted by Crippen LogP contribution is -2.41. The van der Waals surface area contributed by atoms with Crippen LogP contribution in [0, 0.1) is 5.92 Å². The van der Waals surface area contributed by atoms with Gasteiger partial charge in [-0.25, -0.2) is 0 Å². The highest BCUT2D eigenvalue weighted by Crippen LogP contribution is 2.26. The van der Waals surface area contributed by atoms with E-state index in [4.69, 9.17) is 9.47 Å². The molecule has 3 fully saturated rings.